The molecular weight excluding hydrogens is 333 g/mol. The summed E-state index contributed by atoms with van der Waals surface area (Å²) >= 11 is 0. The smallest absolute Gasteiger partial charge is 0.383 e. The monoisotopic (exact) mass is 346 g/mol. The maximum atomic E-state index is 12.7. The number of fused-ring (bicyclic) bond motifs is 1. The average molecular weight is 346 g/mol. The summed E-state index contributed by atoms with van der Waals surface area (Å²) in [7, 11) is 0. The Kier molecular flexibility index (Phi) is 4.26. The molecular formula is C17H13F3N4O. The predicted octanol–water partition coefficient (Wildman–Crippen LogP) is 3.16. The molecule has 0 atom stereocenters. The van der Waals surface area contributed by atoms with Crippen molar-refractivity contribution in [3.8, 4) is 0 Å². The standard InChI is InChI=1S/C17H13F3N4O/c18-17(19,20)12-5-1-3-10(7-12)9-23-16(25)13-8-11-4-2-6-22-15(11)24-14(13)21/h1-8H,9H2,(H,23,25)(H2,21,22,24). The molecule has 0 saturated carbocycles. The topological polar surface area (TPSA) is 80.9 Å². The van der Waals surface area contributed by atoms with Gasteiger partial charge in [-0.15, -0.1) is 0 Å². The van der Waals surface area contributed by atoms with Gasteiger partial charge >= 0.3 is 6.18 Å². The summed E-state index contributed by atoms with van der Waals surface area (Å²) in [6.45, 7) is -0.0622. The number of nitrogens with one attached hydrogen (secondary N) is 1. The molecule has 3 rings (SSSR count). The number of carbonyl (C=O) groups is 1. The van der Waals surface area contributed by atoms with E-state index in [4.69, 9.17) is 5.73 Å². The molecule has 5 nitrogen and oxygen atoms in total. The number of rotatable bonds is 3. The molecule has 0 spiro atoms. The quantitative estimate of drug-likeness (QED) is 0.763. The van der Waals surface area contributed by atoms with Crippen LogP contribution in [0.3, 0.4) is 0 Å². The van der Waals surface area contributed by atoms with Crippen LogP contribution in [0.4, 0.5) is 19.0 Å². The molecule has 0 bridgehead atoms. The molecule has 1 aromatic carbocycles. The highest BCUT2D eigenvalue weighted by atomic mass is 19.4. The zero-order valence-corrected chi connectivity index (χ0v) is 12.8. The van der Waals surface area contributed by atoms with Crippen LogP contribution in [0.1, 0.15) is 21.5 Å². The van der Waals surface area contributed by atoms with Gasteiger partial charge in [-0.05, 0) is 35.9 Å². The maximum absolute atomic E-state index is 12.7. The maximum Gasteiger partial charge on any atom is 0.416 e. The van der Waals surface area contributed by atoms with E-state index in [9.17, 15) is 18.0 Å². The van der Waals surface area contributed by atoms with Gasteiger partial charge in [0.15, 0.2) is 5.65 Å². The lowest BCUT2D eigenvalue weighted by Crippen LogP contribution is -2.24. The van der Waals surface area contributed by atoms with E-state index in [0.29, 0.717) is 16.6 Å². The Labute approximate surface area is 140 Å². The van der Waals surface area contributed by atoms with Crippen LogP contribution in [0.2, 0.25) is 0 Å². The second kappa shape index (κ2) is 6.39. The summed E-state index contributed by atoms with van der Waals surface area (Å²) in [5.41, 5.74) is 5.90. The lowest BCUT2D eigenvalue weighted by molar-refractivity contribution is -0.137. The molecule has 0 radical (unpaired) electrons. The molecule has 8 heteroatoms. The lowest BCUT2D eigenvalue weighted by Gasteiger charge is -2.10. The number of nitrogen functional groups attached to an aromatic ring is 1. The molecule has 0 unspecified atom stereocenters. The number of aromatic nitrogens is 2. The van der Waals surface area contributed by atoms with E-state index in [1.807, 2.05) is 0 Å². The second-order valence-corrected chi connectivity index (χ2v) is 5.35. The van der Waals surface area contributed by atoms with Crippen molar-refractivity contribution in [1.29, 1.82) is 0 Å². The van der Waals surface area contributed by atoms with Gasteiger partial charge in [0.1, 0.15) is 5.82 Å². The number of hydrogen-bond donors (Lipinski definition) is 2. The van der Waals surface area contributed by atoms with E-state index >= 15 is 0 Å². The minimum absolute atomic E-state index is 0.00717. The minimum atomic E-state index is -4.43. The number of benzene rings is 1. The number of carbonyl (C=O) groups excluding carboxylic acids is 1. The highest BCUT2D eigenvalue weighted by Gasteiger charge is 2.30. The first-order valence-corrected chi connectivity index (χ1v) is 7.30. The van der Waals surface area contributed by atoms with Crippen molar-refractivity contribution in [3.05, 3.63) is 65.4 Å². The van der Waals surface area contributed by atoms with E-state index in [2.05, 4.69) is 15.3 Å². The van der Waals surface area contributed by atoms with Crippen LogP contribution in [0.25, 0.3) is 11.0 Å². The summed E-state index contributed by atoms with van der Waals surface area (Å²) in [5.74, 6) is -0.513. The summed E-state index contributed by atoms with van der Waals surface area (Å²) in [4.78, 5) is 20.4. The van der Waals surface area contributed by atoms with Crippen molar-refractivity contribution >= 4 is 22.8 Å². The number of amides is 1. The molecule has 3 N–H and O–H groups in total. The lowest BCUT2D eigenvalue weighted by atomic mass is 10.1. The van der Waals surface area contributed by atoms with Crippen LogP contribution in [-0.2, 0) is 12.7 Å². The number of anilines is 1. The third-order valence-corrected chi connectivity index (χ3v) is 3.57. The number of hydrogen-bond acceptors (Lipinski definition) is 4. The molecule has 2 heterocycles. The normalized spacial score (nSPS) is 11.5. The molecule has 1 amide bonds. The van der Waals surface area contributed by atoms with Gasteiger partial charge < -0.3 is 11.1 Å². The van der Waals surface area contributed by atoms with Gasteiger partial charge in [0.2, 0.25) is 0 Å². The van der Waals surface area contributed by atoms with Crippen molar-refractivity contribution in [1.82, 2.24) is 15.3 Å². The molecule has 128 valence electrons. The van der Waals surface area contributed by atoms with Crippen molar-refractivity contribution in [3.63, 3.8) is 0 Å². The van der Waals surface area contributed by atoms with Crippen molar-refractivity contribution in [2.75, 3.05) is 5.73 Å². The molecule has 0 aliphatic heterocycles. The fourth-order valence-electron chi connectivity index (χ4n) is 2.34. The highest BCUT2D eigenvalue weighted by molar-refractivity contribution is 6.01. The van der Waals surface area contributed by atoms with E-state index in [-0.39, 0.29) is 17.9 Å². The van der Waals surface area contributed by atoms with E-state index < -0.39 is 17.6 Å². The van der Waals surface area contributed by atoms with Gasteiger partial charge in [-0.2, -0.15) is 13.2 Å². The zero-order chi connectivity index (χ0) is 18.0. The van der Waals surface area contributed by atoms with Gasteiger partial charge in [-0.25, -0.2) is 9.97 Å². The molecule has 25 heavy (non-hydrogen) atoms. The second-order valence-electron chi connectivity index (χ2n) is 5.35. The Hall–Kier alpha value is -3.16. The van der Waals surface area contributed by atoms with Crippen molar-refractivity contribution in [2.45, 2.75) is 12.7 Å². The summed E-state index contributed by atoms with van der Waals surface area (Å²) in [6, 6.07) is 9.74. The Morgan fingerprint density at radius 3 is 2.72 bits per heavy atom. The summed E-state index contributed by atoms with van der Waals surface area (Å²) in [5, 5.41) is 3.19. The SMILES string of the molecule is Nc1nc2ncccc2cc1C(=O)NCc1cccc(C(F)(F)F)c1. The minimum Gasteiger partial charge on any atom is -0.383 e. The Morgan fingerprint density at radius 2 is 1.96 bits per heavy atom. The van der Waals surface area contributed by atoms with Crippen molar-refractivity contribution < 1.29 is 18.0 Å². The van der Waals surface area contributed by atoms with Gasteiger partial charge in [0.25, 0.3) is 5.91 Å². The van der Waals surface area contributed by atoms with Gasteiger partial charge in [-0.3, -0.25) is 4.79 Å². The van der Waals surface area contributed by atoms with E-state index in [0.717, 1.165) is 12.1 Å². The largest absolute Gasteiger partial charge is 0.416 e. The first kappa shape index (κ1) is 16.7. The van der Waals surface area contributed by atoms with E-state index in [1.54, 1.807) is 24.4 Å². The van der Waals surface area contributed by atoms with Crippen LogP contribution in [-0.4, -0.2) is 15.9 Å². The molecule has 0 aliphatic rings. The summed E-state index contributed by atoms with van der Waals surface area (Å²) in [6.07, 6.45) is -2.87. The number of halogens is 3. The summed E-state index contributed by atoms with van der Waals surface area (Å²) < 4.78 is 38.1. The van der Waals surface area contributed by atoms with Crippen LogP contribution >= 0.6 is 0 Å². The van der Waals surface area contributed by atoms with Crippen molar-refractivity contribution in [2.24, 2.45) is 0 Å². The fourth-order valence-corrected chi connectivity index (χ4v) is 2.34. The Morgan fingerprint density at radius 1 is 1.16 bits per heavy atom. The number of alkyl halides is 3. The van der Waals surface area contributed by atoms with Crippen LogP contribution in [0, 0.1) is 0 Å². The van der Waals surface area contributed by atoms with Gasteiger partial charge in [0.05, 0.1) is 11.1 Å². The van der Waals surface area contributed by atoms with Gasteiger partial charge in [-0.1, -0.05) is 12.1 Å². The number of nitrogens with zero attached hydrogens (tertiary/aromatic N) is 2. The van der Waals surface area contributed by atoms with Gasteiger partial charge in [0, 0.05) is 18.1 Å². The highest BCUT2D eigenvalue weighted by Crippen LogP contribution is 2.29. The average Bonchev–Trinajstić information content (AvgIpc) is 2.58. The number of pyridine rings is 2. The first-order valence-electron chi connectivity index (χ1n) is 7.30. The van der Waals surface area contributed by atoms with Crippen LogP contribution in [0.5, 0.6) is 0 Å². The molecule has 0 fully saturated rings. The molecule has 0 saturated heterocycles. The molecule has 3 aromatic rings. The Balaban J connectivity index is 1.78. The number of nitrogens with two attached hydrogens (primary N) is 1. The van der Waals surface area contributed by atoms with E-state index in [1.165, 1.54) is 12.1 Å². The van der Waals surface area contributed by atoms with Crippen LogP contribution < -0.4 is 11.1 Å². The zero-order valence-electron chi connectivity index (χ0n) is 12.8. The molecule has 0 aliphatic carbocycles. The molecule has 2 aromatic heterocycles. The fraction of sp³-hybridized carbons (Fsp3) is 0.118. The third-order valence-electron chi connectivity index (χ3n) is 3.57. The van der Waals surface area contributed by atoms with Crippen LogP contribution in [0.15, 0.2) is 48.7 Å². The third kappa shape index (κ3) is 3.68. The Bertz CT molecular complexity index is 941. The first-order chi connectivity index (χ1) is 11.8. The predicted molar refractivity (Wildman–Crippen MR) is 86.6 cm³/mol.